The SMILES string of the molecule is COCCNCCNC(=O)c1noc2c1CCCC2. The number of carbonyl (C=O) groups excluding carboxylic acids is 1. The zero-order chi connectivity index (χ0) is 13.5. The van der Waals surface area contributed by atoms with Gasteiger partial charge in [-0.3, -0.25) is 4.79 Å². The summed E-state index contributed by atoms with van der Waals surface area (Å²) in [6.07, 6.45) is 4.02. The number of nitrogens with one attached hydrogen (secondary N) is 2. The Labute approximate surface area is 112 Å². The van der Waals surface area contributed by atoms with Crippen molar-refractivity contribution in [3.8, 4) is 0 Å². The number of rotatable bonds is 7. The third-order valence-electron chi connectivity index (χ3n) is 3.24. The van der Waals surface area contributed by atoms with Gasteiger partial charge in [-0.1, -0.05) is 5.16 Å². The number of aromatic nitrogens is 1. The number of methoxy groups -OCH3 is 1. The summed E-state index contributed by atoms with van der Waals surface area (Å²) in [7, 11) is 1.66. The predicted molar refractivity (Wildman–Crippen MR) is 70.2 cm³/mol. The minimum atomic E-state index is -0.138. The first-order valence-electron chi connectivity index (χ1n) is 6.78. The minimum absolute atomic E-state index is 0.138. The summed E-state index contributed by atoms with van der Waals surface area (Å²) >= 11 is 0. The van der Waals surface area contributed by atoms with Gasteiger partial charge in [-0.2, -0.15) is 0 Å². The van der Waals surface area contributed by atoms with Gasteiger partial charge < -0.3 is 19.9 Å². The Balaban J connectivity index is 1.75. The van der Waals surface area contributed by atoms with Gasteiger partial charge in [-0.05, 0) is 19.3 Å². The van der Waals surface area contributed by atoms with Crippen molar-refractivity contribution in [2.24, 2.45) is 0 Å². The third-order valence-corrected chi connectivity index (χ3v) is 3.24. The first kappa shape index (κ1) is 14.0. The molecule has 2 rings (SSSR count). The number of amides is 1. The number of hydrogen-bond donors (Lipinski definition) is 2. The second-order valence-electron chi connectivity index (χ2n) is 4.64. The number of fused-ring (bicyclic) bond motifs is 1. The van der Waals surface area contributed by atoms with Crippen molar-refractivity contribution in [3.63, 3.8) is 0 Å². The summed E-state index contributed by atoms with van der Waals surface area (Å²) in [4.78, 5) is 12.0. The van der Waals surface area contributed by atoms with E-state index in [2.05, 4.69) is 15.8 Å². The minimum Gasteiger partial charge on any atom is -0.383 e. The van der Waals surface area contributed by atoms with Crippen LogP contribution < -0.4 is 10.6 Å². The van der Waals surface area contributed by atoms with Crippen LogP contribution in [0, 0.1) is 0 Å². The van der Waals surface area contributed by atoms with Gasteiger partial charge >= 0.3 is 0 Å². The van der Waals surface area contributed by atoms with Crippen LogP contribution in [0.25, 0.3) is 0 Å². The number of nitrogens with zero attached hydrogens (tertiary/aromatic N) is 1. The molecule has 19 heavy (non-hydrogen) atoms. The number of hydrogen-bond acceptors (Lipinski definition) is 5. The van der Waals surface area contributed by atoms with Gasteiger partial charge in [0.2, 0.25) is 0 Å². The number of ether oxygens (including phenoxy) is 1. The Hall–Kier alpha value is -1.40. The average molecular weight is 267 g/mol. The lowest BCUT2D eigenvalue weighted by molar-refractivity contribution is 0.0944. The van der Waals surface area contributed by atoms with Crippen LogP contribution in [0.2, 0.25) is 0 Å². The largest absolute Gasteiger partial charge is 0.383 e. The lowest BCUT2D eigenvalue weighted by Gasteiger charge is -2.09. The van der Waals surface area contributed by atoms with E-state index in [9.17, 15) is 4.79 Å². The molecule has 2 N–H and O–H groups in total. The molecule has 106 valence electrons. The Bertz CT molecular complexity index is 417. The fourth-order valence-electron chi connectivity index (χ4n) is 2.21. The van der Waals surface area contributed by atoms with Gasteiger partial charge in [0.1, 0.15) is 5.76 Å². The molecule has 0 unspecified atom stereocenters. The summed E-state index contributed by atoms with van der Waals surface area (Å²) in [5.74, 6) is 0.745. The molecule has 0 spiro atoms. The molecule has 0 radical (unpaired) electrons. The van der Waals surface area contributed by atoms with Gasteiger partial charge in [-0.25, -0.2) is 0 Å². The molecule has 1 aliphatic rings. The maximum absolute atomic E-state index is 12.0. The summed E-state index contributed by atoms with van der Waals surface area (Å²) in [5, 5.41) is 9.91. The van der Waals surface area contributed by atoms with Crippen molar-refractivity contribution in [2.75, 3.05) is 33.4 Å². The molecule has 0 aliphatic heterocycles. The van der Waals surface area contributed by atoms with Crippen LogP contribution in [-0.4, -0.2) is 44.4 Å². The highest BCUT2D eigenvalue weighted by Crippen LogP contribution is 2.23. The molecule has 0 atom stereocenters. The van der Waals surface area contributed by atoms with E-state index in [4.69, 9.17) is 9.26 Å². The number of aryl methyl sites for hydroxylation is 1. The molecule has 0 saturated heterocycles. The Morgan fingerprint density at radius 1 is 1.32 bits per heavy atom. The molecule has 1 amide bonds. The molecule has 6 nitrogen and oxygen atoms in total. The molecule has 0 saturated carbocycles. The Morgan fingerprint density at radius 3 is 3.00 bits per heavy atom. The smallest absolute Gasteiger partial charge is 0.273 e. The maximum atomic E-state index is 12.0. The van der Waals surface area contributed by atoms with Crippen LogP contribution in [-0.2, 0) is 17.6 Å². The summed E-state index contributed by atoms with van der Waals surface area (Å²) in [6.45, 7) is 2.75. The van der Waals surface area contributed by atoms with E-state index in [1.54, 1.807) is 7.11 Å². The molecule has 1 aromatic rings. The monoisotopic (exact) mass is 267 g/mol. The zero-order valence-corrected chi connectivity index (χ0v) is 11.3. The molecular formula is C13H21N3O3. The molecule has 1 heterocycles. The molecule has 6 heteroatoms. The molecule has 1 aliphatic carbocycles. The summed E-state index contributed by atoms with van der Waals surface area (Å²) in [6, 6.07) is 0. The standard InChI is InChI=1S/C13H21N3O3/c1-18-9-8-14-6-7-15-13(17)12-10-4-2-3-5-11(10)19-16-12/h14H,2-9H2,1H3,(H,15,17). The van der Waals surface area contributed by atoms with Crippen molar-refractivity contribution in [2.45, 2.75) is 25.7 Å². The van der Waals surface area contributed by atoms with Crippen molar-refractivity contribution < 1.29 is 14.1 Å². The first-order chi connectivity index (χ1) is 9.33. The van der Waals surface area contributed by atoms with E-state index in [-0.39, 0.29) is 5.91 Å². The second-order valence-corrected chi connectivity index (χ2v) is 4.64. The van der Waals surface area contributed by atoms with Crippen LogP contribution in [0.3, 0.4) is 0 Å². The third kappa shape index (κ3) is 3.78. The highest BCUT2D eigenvalue weighted by molar-refractivity contribution is 5.93. The van der Waals surface area contributed by atoms with Gasteiger partial charge in [0.05, 0.1) is 6.61 Å². The van der Waals surface area contributed by atoms with Crippen molar-refractivity contribution in [1.29, 1.82) is 0 Å². The topological polar surface area (TPSA) is 76.4 Å². The molecule has 1 aromatic heterocycles. The Morgan fingerprint density at radius 2 is 2.16 bits per heavy atom. The Kier molecular flexibility index (Phi) is 5.35. The average Bonchev–Trinajstić information content (AvgIpc) is 2.86. The molecule has 0 bridgehead atoms. The van der Waals surface area contributed by atoms with Gasteiger partial charge in [0.15, 0.2) is 5.69 Å². The van der Waals surface area contributed by atoms with Crippen LogP contribution in [0.15, 0.2) is 4.52 Å². The van der Waals surface area contributed by atoms with E-state index in [1.807, 2.05) is 0 Å². The lowest BCUT2D eigenvalue weighted by atomic mass is 9.96. The van der Waals surface area contributed by atoms with Crippen LogP contribution >= 0.6 is 0 Å². The second kappa shape index (κ2) is 7.25. The highest BCUT2D eigenvalue weighted by Gasteiger charge is 2.23. The summed E-state index contributed by atoms with van der Waals surface area (Å²) in [5.41, 5.74) is 1.46. The normalized spacial score (nSPS) is 14.2. The van der Waals surface area contributed by atoms with E-state index >= 15 is 0 Å². The van der Waals surface area contributed by atoms with Crippen LogP contribution in [0.5, 0.6) is 0 Å². The molecular weight excluding hydrogens is 246 g/mol. The fraction of sp³-hybridized carbons (Fsp3) is 0.692. The van der Waals surface area contributed by atoms with Crippen molar-refractivity contribution >= 4 is 5.91 Å². The van der Waals surface area contributed by atoms with Gasteiger partial charge in [0.25, 0.3) is 5.91 Å². The summed E-state index contributed by atoms with van der Waals surface area (Å²) < 4.78 is 10.1. The number of carbonyl (C=O) groups is 1. The molecule has 0 aromatic carbocycles. The van der Waals surface area contributed by atoms with Gasteiger partial charge in [-0.15, -0.1) is 0 Å². The quantitative estimate of drug-likeness (QED) is 0.704. The lowest BCUT2D eigenvalue weighted by Crippen LogP contribution is -2.33. The van der Waals surface area contributed by atoms with Crippen molar-refractivity contribution in [3.05, 3.63) is 17.0 Å². The zero-order valence-electron chi connectivity index (χ0n) is 11.3. The fourth-order valence-corrected chi connectivity index (χ4v) is 2.21. The van der Waals surface area contributed by atoms with E-state index < -0.39 is 0 Å². The van der Waals surface area contributed by atoms with Crippen LogP contribution in [0.4, 0.5) is 0 Å². The maximum Gasteiger partial charge on any atom is 0.273 e. The van der Waals surface area contributed by atoms with E-state index in [0.29, 0.717) is 18.8 Å². The first-order valence-corrected chi connectivity index (χ1v) is 6.78. The predicted octanol–water partition coefficient (Wildman–Crippen LogP) is 0.519. The van der Waals surface area contributed by atoms with Gasteiger partial charge in [0, 0.05) is 38.7 Å². The molecule has 0 fully saturated rings. The highest BCUT2D eigenvalue weighted by atomic mass is 16.5. The van der Waals surface area contributed by atoms with Crippen LogP contribution in [0.1, 0.15) is 34.7 Å². The van der Waals surface area contributed by atoms with E-state index in [0.717, 1.165) is 50.1 Å². The van der Waals surface area contributed by atoms with Crippen molar-refractivity contribution in [1.82, 2.24) is 15.8 Å². The van der Waals surface area contributed by atoms with E-state index in [1.165, 1.54) is 0 Å².